The molecule has 1 amide bonds. The van der Waals surface area contributed by atoms with E-state index in [0.29, 0.717) is 11.4 Å². The van der Waals surface area contributed by atoms with Crippen LogP contribution in [-0.2, 0) is 4.79 Å². The van der Waals surface area contributed by atoms with Crippen LogP contribution >= 0.6 is 0 Å². The van der Waals surface area contributed by atoms with Gasteiger partial charge in [-0.2, -0.15) is 5.26 Å². The molecule has 0 aromatic heterocycles. The monoisotopic (exact) mass is 293 g/mol. The van der Waals surface area contributed by atoms with E-state index in [-0.39, 0.29) is 5.57 Å². The molecule has 0 spiro atoms. The summed E-state index contributed by atoms with van der Waals surface area (Å²) in [5.41, 5.74) is 1.27. The van der Waals surface area contributed by atoms with Crippen LogP contribution in [0, 0.1) is 11.3 Å². The van der Waals surface area contributed by atoms with Gasteiger partial charge in [0.25, 0.3) is 5.91 Å². The molecule has 0 saturated heterocycles. The van der Waals surface area contributed by atoms with Crippen LogP contribution in [0.3, 0.4) is 0 Å². The summed E-state index contributed by atoms with van der Waals surface area (Å²) in [5, 5.41) is 14.7. The summed E-state index contributed by atoms with van der Waals surface area (Å²) in [6.45, 7) is 0. The van der Waals surface area contributed by atoms with Crippen molar-refractivity contribution in [1.82, 2.24) is 0 Å². The number of methoxy groups -OCH3 is 1. The van der Waals surface area contributed by atoms with Crippen LogP contribution < -0.4 is 15.4 Å². The maximum atomic E-state index is 12.1. The molecule has 0 aliphatic carbocycles. The van der Waals surface area contributed by atoms with Crippen LogP contribution in [-0.4, -0.2) is 13.0 Å². The second-order valence-corrected chi connectivity index (χ2v) is 4.33. The van der Waals surface area contributed by atoms with Crippen LogP contribution in [0.15, 0.2) is 66.4 Å². The summed E-state index contributed by atoms with van der Waals surface area (Å²) in [7, 11) is 1.52. The van der Waals surface area contributed by atoms with E-state index in [1.165, 1.54) is 13.3 Å². The highest BCUT2D eigenvalue weighted by Crippen LogP contribution is 2.23. The van der Waals surface area contributed by atoms with Gasteiger partial charge in [0.2, 0.25) is 0 Å². The smallest absolute Gasteiger partial charge is 0.267 e. The minimum absolute atomic E-state index is 0.0326. The number of amides is 1. The van der Waals surface area contributed by atoms with Crippen molar-refractivity contribution in [1.29, 1.82) is 5.26 Å². The number of nitriles is 1. The lowest BCUT2D eigenvalue weighted by atomic mass is 10.2. The molecule has 2 N–H and O–H groups in total. The Bertz CT molecular complexity index is 718. The van der Waals surface area contributed by atoms with Gasteiger partial charge in [0.05, 0.1) is 12.8 Å². The third kappa shape index (κ3) is 3.87. The van der Waals surface area contributed by atoms with Gasteiger partial charge in [-0.05, 0) is 24.3 Å². The van der Waals surface area contributed by atoms with E-state index in [4.69, 9.17) is 10.00 Å². The first kappa shape index (κ1) is 15.1. The summed E-state index contributed by atoms with van der Waals surface area (Å²) >= 11 is 0. The molecule has 110 valence electrons. The number of ether oxygens (including phenoxy) is 1. The molecule has 0 saturated carbocycles. The van der Waals surface area contributed by atoms with Crippen LogP contribution in [0.4, 0.5) is 11.4 Å². The molecule has 2 aromatic carbocycles. The lowest BCUT2D eigenvalue weighted by Crippen LogP contribution is -2.15. The van der Waals surface area contributed by atoms with Gasteiger partial charge < -0.3 is 15.4 Å². The van der Waals surface area contributed by atoms with Gasteiger partial charge in [-0.1, -0.05) is 30.3 Å². The van der Waals surface area contributed by atoms with E-state index < -0.39 is 5.91 Å². The van der Waals surface area contributed by atoms with E-state index in [2.05, 4.69) is 10.6 Å². The second-order valence-electron chi connectivity index (χ2n) is 4.33. The Morgan fingerprint density at radius 3 is 2.50 bits per heavy atom. The molecule has 0 atom stereocenters. The van der Waals surface area contributed by atoms with E-state index in [0.717, 1.165) is 5.69 Å². The fourth-order valence-corrected chi connectivity index (χ4v) is 1.78. The first-order valence-corrected chi connectivity index (χ1v) is 6.61. The number of para-hydroxylation sites is 3. The number of carbonyl (C=O) groups is 1. The summed E-state index contributed by atoms with van der Waals surface area (Å²) < 4.78 is 5.16. The fourth-order valence-electron chi connectivity index (χ4n) is 1.78. The van der Waals surface area contributed by atoms with Gasteiger partial charge in [-0.3, -0.25) is 4.79 Å². The van der Waals surface area contributed by atoms with Crippen molar-refractivity contribution in [2.75, 3.05) is 17.7 Å². The Hall–Kier alpha value is -3.26. The molecule has 0 aliphatic heterocycles. The third-order valence-electron chi connectivity index (χ3n) is 2.88. The summed E-state index contributed by atoms with van der Waals surface area (Å²) in [6.07, 6.45) is 1.38. The lowest BCUT2D eigenvalue weighted by Gasteiger charge is -2.09. The summed E-state index contributed by atoms with van der Waals surface area (Å²) in [4.78, 5) is 12.1. The number of carbonyl (C=O) groups excluding carboxylic acids is 1. The Morgan fingerprint density at radius 2 is 1.82 bits per heavy atom. The highest BCUT2D eigenvalue weighted by Gasteiger charge is 2.11. The Morgan fingerprint density at radius 1 is 1.14 bits per heavy atom. The van der Waals surface area contributed by atoms with E-state index in [9.17, 15) is 4.79 Å². The third-order valence-corrected chi connectivity index (χ3v) is 2.88. The van der Waals surface area contributed by atoms with Gasteiger partial charge in [0.15, 0.2) is 0 Å². The van der Waals surface area contributed by atoms with Gasteiger partial charge in [0.1, 0.15) is 17.4 Å². The van der Waals surface area contributed by atoms with Gasteiger partial charge in [-0.25, -0.2) is 0 Å². The van der Waals surface area contributed by atoms with Gasteiger partial charge >= 0.3 is 0 Å². The van der Waals surface area contributed by atoms with E-state index in [1.54, 1.807) is 24.3 Å². The highest BCUT2D eigenvalue weighted by atomic mass is 16.5. The van der Waals surface area contributed by atoms with Crippen LogP contribution in [0.1, 0.15) is 0 Å². The zero-order valence-electron chi connectivity index (χ0n) is 12.0. The Balaban J connectivity index is 2.11. The number of hydrogen-bond donors (Lipinski definition) is 2. The van der Waals surface area contributed by atoms with Crippen molar-refractivity contribution in [3.63, 3.8) is 0 Å². The van der Waals surface area contributed by atoms with Crippen molar-refractivity contribution in [3.8, 4) is 11.8 Å². The molecule has 5 heteroatoms. The van der Waals surface area contributed by atoms with Crippen molar-refractivity contribution in [3.05, 3.63) is 66.4 Å². The van der Waals surface area contributed by atoms with Gasteiger partial charge in [0, 0.05) is 11.9 Å². The minimum atomic E-state index is -0.504. The molecule has 2 aromatic rings. The molecule has 22 heavy (non-hydrogen) atoms. The van der Waals surface area contributed by atoms with Crippen molar-refractivity contribution in [2.24, 2.45) is 0 Å². The quantitative estimate of drug-likeness (QED) is 0.656. The number of nitrogens with zero attached hydrogens (tertiary/aromatic N) is 1. The van der Waals surface area contributed by atoms with E-state index in [1.807, 2.05) is 36.4 Å². The number of anilines is 2. The Labute approximate surface area is 128 Å². The maximum absolute atomic E-state index is 12.1. The number of rotatable bonds is 5. The van der Waals surface area contributed by atoms with Crippen LogP contribution in [0.5, 0.6) is 5.75 Å². The minimum Gasteiger partial charge on any atom is -0.495 e. The van der Waals surface area contributed by atoms with Crippen molar-refractivity contribution >= 4 is 17.3 Å². The van der Waals surface area contributed by atoms with Crippen molar-refractivity contribution < 1.29 is 9.53 Å². The molecular formula is C17H15N3O2. The average molecular weight is 293 g/mol. The molecule has 0 aliphatic rings. The normalized spacial score (nSPS) is 10.5. The average Bonchev–Trinajstić information content (AvgIpc) is 2.57. The standard InChI is InChI=1S/C17H15N3O2/c1-22-16-10-6-5-9-15(16)20-17(21)13(11-18)12-19-14-7-3-2-4-8-14/h2-10,12,19H,1H3,(H,20,21)/b13-12-. The molecule has 0 unspecified atom stereocenters. The highest BCUT2D eigenvalue weighted by molar-refractivity contribution is 6.07. The molecular weight excluding hydrogens is 278 g/mol. The SMILES string of the molecule is COc1ccccc1NC(=O)/C(C#N)=C\Nc1ccccc1. The molecule has 0 bridgehead atoms. The van der Waals surface area contributed by atoms with Crippen molar-refractivity contribution in [2.45, 2.75) is 0 Å². The second kappa shape index (κ2) is 7.50. The molecule has 5 nitrogen and oxygen atoms in total. The molecule has 0 fully saturated rings. The molecule has 2 rings (SSSR count). The van der Waals surface area contributed by atoms with Crippen LogP contribution in [0.2, 0.25) is 0 Å². The Kier molecular flexibility index (Phi) is 5.16. The summed E-state index contributed by atoms with van der Waals surface area (Å²) in [5.74, 6) is 0.0274. The molecule has 0 heterocycles. The fraction of sp³-hybridized carbons (Fsp3) is 0.0588. The lowest BCUT2D eigenvalue weighted by molar-refractivity contribution is -0.112. The topological polar surface area (TPSA) is 74.1 Å². The zero-order valence-corrected chi connectivity index (χ0v) is 12.0. The summed E-state index contributed by atoms with van der Waals surface area (Å²) in [6, 6.07) is 18.2. The predicted molar refractivity (Wildman–Crippen MR) is 85.4 cm³/mol. The number of nitrogens with one attached hydrogen (secondary N) is 2. The molecule has 0 radical (unpaired) electrons. The van der Waals surface area contributed by atoms with Crippen LogP contribution in [0.25, 0.3) is 0 Å². The van der Waals surface area contributed by atoms with Gasteiger partial charge in [-0.15, -0.1) is 0 Å². The predicted octanol–water partition coefficient (Wildman–Crippen LogP) is 3.15. The van der Waals surface area contributed by atoms with E-state index >= 15 is 0 Å². The number of benzene rings is 2. The number of hydrogen-bond acceptors (Lipinski definition) is 4. The first-order chi connectivity index (χ1) is 10.7. The first-order valence-electron chi connectivity index (χ1n) is 6.61. The maximum Gasteiger partial charge on any atom is 0.267 e. The zero-order chi connectivity index (χ0) is 15.8. The largest absolute Gasteiger partial charge is 0.495 e.